The maximum absolute atomic E-state index is 9.74. The van der Waals surface area contributed by atoms with E-state index in [0.29, 0.717) is 18.6 Å². The second-order valence-electron chi connectivity index (χ2n) is 8.81. The first-order valence-corrected chi connectivity index (χ1v) is 9.74. The molecular formula is C21H27NO2. The molecule has 1 spiro atoms. The van der Waals surface area contributed by atoms with Gasteiger partial charge in [-0.3, -0.25) is 0 Å². The van der Waals surface area contributed by atoms with Crippen molar-refractivity contribution in [3.8, 4) is 6.07 Å². The van der Waals surface area contributed by atoms with Crippen LogP contribution in [-0.4, -0.2) is 19.0 Å². The largest absolute Gasteiger partial charge is 0.346 e. The molecule has 128 valence electrons. The van der Waals surface area contributed by atoms with Crippen LogP contribution in [0.25, 0.3) is 0 Å². The summed E-state index contributed by atoms with van der Waals surface area (Å²) in [5.41, 5.74) is 5.17. The molecular weight excluding hydrogens is 298 g/mol. The van der Waals surface area contributed by atoms with E-state index >= 15 is 0 Å². The summed E-state index contributed by atoms with van der Waals surface area (Å²) in [5, 5.41) is 9.74. The Labute approximate surface area is 144 Å². The van der Waals surface area contributed by atoms with E-state index in [1.165, 1.54) is 49.7 Å². The number of nitriles is 1. The van der Waals surface area contributed by atoms with Crippen LogP contribution in [0.5, 0.6) is 0 Å². The van der Waals surface area contributed by atoms with Gasteiger partial charge in [-0.2, -0.15) is 5.26 Å². The summed E-state index contributed by atoms with van der Waals surface area (Å²) >= 11 is 0. The third kappa shape index (κ3) is 1.96. The molecule has 5 aliphatic rings. The standard InChI is InChI=1S/C21H27NO2/c1-20-7-2-3-19(20)17-5-4-14-12-21(23-9-10-24-21)15(13-22)11-18(14)16(17)6-8-20/h6,15,17,19H,2-5,7-12H2,1H3/t15?,17-,19+,20+/m1/s1. The van der Waals surface area contributed by atoms with E-state index in [9.17, 15) is 5.26 Å². The zero-order chi connectivity index (χ0) is 16.4. The predicted octanol–water partition coefficient (Wildman–Crippen LogP) is 4.51. The highest BCUT2D eigenvalue weighted by Crippen LogP contribution is 2.60. The lowest BCUT2D eigenvalue weighted by Gasteiger charge is -2.48. The summed E-state index contributed by atoms with van der Waals surface area (Å²) in [6.07, 6.45) is 12.1. The number of nitrogens with zero attached hydrogens (tertiary/aromatic N) is 1. The summed E-state index contributed by atoms with van der Waals surface area (Å²) in [4.78, 5) is 0. The summed E-state index contributed by atoms with van der Waals surface area (Å²) in [7, 11) is 0. The number of allylic oxidation sites excluding steroid dienone is 3. The minimum absolute atomic E-state index is 0.157. The highest BCUT2D eigenvalue weighted by molar-refractivity contribution is 5.45. The van der Waals surface area contributed by atoms with E-state index in [4.69, 9.17) is 9.47 Å². The van der Waals surface area contributed by atoms with Gasteiger partial charge < -0.3 is 9.47 Å². The van der Waals surface area contributed by atoms with Crippen molar-refractivity contribution in [1.82, 2.24) is 0 Å². The SMILES string of the molecule is C[C@]12CC=C3C4=C(CC[C@H]3[C@@H]1CCC2)CC1(OCCO1)C(C#N)C4. The van der Waals surface area contributed by atoms with Gasteiger partial charge in [0.25, 0.3) is 0 Å². The van der Waals surface area contributed by atoms with Crippen molar-refractivity contribution >= 4 is 0 Å². The molecule has 1 saturated carbocycles. The second-order valence-corrected chi connectivity index (χ2v) is 8.81. The van der Waals surface area contributed by atoms with Crippen LogP contribution < -0.4 is 0 Å². The molecule has 0 bridgehead atoms. The quantitative estimate of drug-likeness (QED) is 0.658. The molecule has 1 saturated heterocycles. The van der Waals surface area contributed by atoms with E-state index in [0.717, 1.165) is 24.7 Å². The van der Waals surface area contributed by atoms with Gasteiger partial charge in [0.1, 0.15) is 5.92 Å². The molecule has 3 nitrogen and oxygen atoms in total. The van der Waals surface area contributed by atoms with Crippen molar-refractivity contribution in [2.45, 2.75) is 64.1 Å². The second kappa shape index (κ2) is 5.19. The van der Waals surface area contributed by atoms with E-state index in [-0.39, 0.29) is 5.92 Å². The van der Waals surface area contributed by atoms with Crippen LogP contribution in [-0.2, 0) is 9.47 Å². The number of ether oxygens (including phenoxy) is 2. The van der Waals surface area contributed by atoms with Gasteiger partial charge in [-0.1, -0.05) is 25.0 Å². The van der Waals surface area contributed by atoms with Gasteiger partial charge in [0.05, 0.1) is 19.3 Å². The van der Waals surface area contributed by atoms with Crippen molar-refractivity contribution in [3.05, 3.63) is 22.8 Å². The predicted molar refractivity (Wildman–Crippen MR) is 90.9 cm³/mol. The molecule has 0 amide bonds. The van der Waals surface area contributed by atoms with E-state index in [2.05, 4.69) is 19.1 Å². The zero-order valence-electron chi connectivity index (χ0n) is 14.6. The van der Waals surface area contributed by atoms with Gasteiger partial charge in [-0.25, -0.2) is 0 Å². The van der Waals surface area contributed by atoms with Gasteiger partial charge in [0, 0.05) is 6.42 Å². The number of hydrogen-bond donors (Lipinski definition) is 0. The molecule has 24 heavy (non-hydrogen) atoms. The molecule has 0 aromatic heterocycles. The van der Waals surface area contributed by atoms with Gasteiger partial charge in [-0.05, 0) is 66.9 Å². The highest BCUT2D eigenvalue weighted by atomic mass is 16.7. The topological polar surface area (TPSA) is 42.2 Å². The molecule has 4 atom stereocenters. The fourth-order valence-electron chi connectivity index (χ4n) is 6.45. The molecule has 4 aliphatic carbocycles. The molecule has 0 aromatic carbocycles. The van der Waals surface area contributed by atoms with E-state index in [1.807, 2.05) is 0 Å². The number of rotatable bonds is 0. The Kier molecular flexibility index (Phi) is 3.28. The van der Waals surface area contributed by atoms with Crippen molar-refractivity contribution in [2.24, 2.45) is 23.2 Å². The number of fused-ring (bicyclic) bond motifs is 4. The lowest BCUT2D eigenvalue weighted by atomic mass is 9.58. The summed E-state index contributed by atoms with van der Waals surface area (Å²) in [6.45, 7) is 3.77. The summed E-state index contributed by atoms with van der Waals surface area (Å²) in [5.74, 6) is 0.804. The van der Waals surface area contributed by atoms with Gasteiger partial charge in [0.15, 0.2) is 5.79 Å². The first kappa shape index (κ1) is 15.2. The first-order valence-electron chi connectivity index (χ1n) is 9.74. The number of hydrogen-bond acceptors (Lipinski definition) is 3. The monoisotopic (exact) mass is 325 g/mol. The van der Waals surface area contributed by atoms with Crippen LogP contribution in [0.4, 0.5) is 0 Å². The van der Waals surface area contributed by atoms with E-state index < -0.39 is 5.79 Å². The third-order valence-electron chi connectivity index (χ3n) is 7.69. The van der Waals surface area contributed by atoms with Crippen LogP contribution in [0, 0.1) is 34.5 Å². The van der Waals surface area contributed by atoms with Crippen molar-refractivity contribution < 1.29 is 9.47 Å². The molecule has 0 radical (unpaired) electrons. The summed E-state index contributed by atoms with van der Waals surface area (Å²) < 4.78 is 11.9. The van der Waals surface area contributed by atoms with E-state index in [1.54, 1.807) is 5.57 Å². The normalized spacial score (nSPS) is 43.0. The molecule has 3 heteroatoms. The Morgan fingerprint density at radius 1 is 1.25 bits per heavy atom. The molecule has 1 unspecified atom stereocenters. The van der Waals surface area contributed by atoms with Crippen molar-refractivity contribution in [2.75, 3.05) is 13.2 Å². The highest BCUT2D eigenvalue weighted by Gasteiger charge is 2.53. The van der Waals surface area contributed by atoms with Gasteiger partial charge in [-0.15, -0.1) is 0 Å². The Bertz CT molecular complexity index is 664. The molecule has 0 aromatic rings. The van der Waals surface area contributed by atoms with Crippen molar-refractivity contribution in [3.63, 3.8) is 0 Å². The first-order chi connectivity index (χ1) is 11.7. The molecule has 0 N–H and O–H groups in total. The van der Waals surface area contributed by atoms with Crippen molar-refractivity contribution in [1.29, 1.82) is 5.26 Å². The minimum atomic E-state index is -0.641. The Hall–Kier alpha value is -1.11. The fraction of sp³-hybridized carbons (Fsp3) is 0.762. The Morgan fingerprint density at radius 2 is 2.08 bits per heavy atom. The molecule has 1 heterocycles. The lowest BCUT2D eigenvalue weighted by Crippen LogP contribution is -2.44. The zero-order valence-corrected chi connectivity index (χ0v) is 14.6. The smallest absolute Gasteiger partial charge is 0.188 e. The summed E-state index contributed by atoms with van der Waals surface area (Å²) in [6, 6.07) is 2.51. The Morgan fingerprint density at radius 3 is 2.88 bits per heavy atom. The van der Waals surface area contributed by atoms with Crippen LogP contribution in [0.1, 0.15) is 58.3 Å². The van der Waals surface area contributed by atoms with Crippen LogP contribution >= 0.6 is 0 Å². The average Bonchev–Trinajstić information content (AvgIpc) is 3.20. The van der Waals surface area contributed by atoms with Gasteiger partial charge in [0.2, 0.25) is 0 Å². The fourth-order valence-corrected chi connectivity index (χ4v) is 6.45. The maximum atomic E-state index is 9.74. The third-order valence-corrected chi connectivity index (χ3v) is 7.69. The Balaban J connectivity index is 1.52. The van der Waals surface area contributed by atoms with Gasteiger partial charge >= 0.3 is 0 Å². The lowest BCUT2D eigenvalue weighted by molar-refractivity contribution is -0.185. The molecule has 1 aliphatic heterocycles. The minimum Gasteiger partial charge on any atom is -0.346 e. The van der Waals surface area contributed by atoms with Crippen LogP contribution in [0.15, 0.2) is 22.8 Å². The average molecular weight is 325 g/mol. The maximum Gasteiger partial charge on any atom is 0.188 e. The van der Waals surface area contributed by atoms with Crippen LogP contribution in [0.2, 0.25) is 0 Å². The van der Waals surface area contributed by atoms with Crippen LogP contribution in [0.3, 0.4) is 0 Å². The molecule has 5 rings (SSSR count). The molecule has 2 fully saturated rings.